The zero-order valence-corrected chi connectivity index (χ0v) is 31.9. The van der Waals surface area contributed by atoms with Gasteiger partial charge in [0.15, 0.2) is 0 Å². The second-order valence-electron chi connectivity index (χ2n) is 14.5. The molecule has 5 amide bonds. The fourth-order valence-corrected chi connectivity index (χ4v) is 6.47. The van der Waals surface area contributed by atoms with E-state index in [1.54, 1.807) is 62.6 Å². The van der Waals surface area contributed by atoms with Crippen LogP contribution >= 0.6 is 11.6 Å². The first-order chi connectivity index (χ1) is 25.9. The highest BCUT2D eigenvalue weighted by atomic mass is 35.5. The summed E-state index contributed by atoms with van der Waals surface area (Å²) in [7, 11) is 1.55. The third kappa shape index (κ3) is 11.9. The van der Waals surface area contributed by atoms with Gasteiger partial charge < -0.3 is 35.6 Å². The van der Waals surface area contributed by atoms with E-state index in [9.17, 15) is 24.0 Å². The Morgan fingerprint density at radius 2 is 1.72 bits per heavy atom. The Hall–Kier alpha value is -5.17. The molecule has 6 rings (SSSR count). The largest absolute Gasteiger partial charge is 0.497 e. The Morgan fingerprint density at radius 1 is 1.00 bits per heavy atom. The van der Waals surface area contributed by atoms with Gasteiger partial charge >= 0.3 is 0 Å². The first-order valence-corrected chi connectivity index (χ1v) is 18.7. The van der Waals surface area contributed by atoms with Crippen LogP contribution in [0.15, 0.2) is 67.0 Å². The highest BCUT2D eigenvalue weighted by Crippen LogP contribution is 2.30. The van der Waals surface area contributed by atoms with E-state index in [1.165, 1.54) is 23.4 Å². The first kappa shape index (κ1) is 40.0. The summed E-state index contributed by atoms with van der Waals surface area (Å²) in [5, 5.41) is 11.7. The summed E-state index contributed by atoms with van der Waals surface area (Å²) in [4.78, 5) is 74.4. The molecule has 14 heteroatoms. The molecule has 13 nitrogen and oxygen atoms in total. The molecule has 0 saturated heterocycles. The van der Waals surface area contributed by atoms with Crippen molar-refractivity contribution in [1.82, 2.24) is 31.2 Å². The molecule has 0 spiro atoms. The minimum atomic E-state index is -1.15. The van der Waals surface area contributed by atoms with Gasteiger partial charge in [-0.1, -0.05) is 49.7 Å². The van der Waals surface area contributed by atoms with Gasteiger partial charge in [-0.05, 0) is 79.5 Å². The van der Waals surface area contributed by atoms with Gasteiger partial charge in [-0.15, -0.1) is 0 Å². The van der Waals surface area contributed by atoms with E-state index in [1.807, 2.05) is 0 Å². The number of hydrogen-bond acceptors (Lipinski definition) is 8. The SMILES string of the molecule is COc1ccc(C[C@@H]2NC(=O)[C@@H](NC(=O)c3cncc(Cl)c3)Cc3ccc(cc3)OC[C@H](CC(C)C)NC(=O)CN(CC3CC3)C(=O)[C@@H](C)NC2=O)cc1. The number of fused-ring (bicyclic) bond motifs is 17. The average molecular weight is 761 g/mol. The van der Waals surface area contributed by atoms with Crippen LogP contribution in [0.4, 0.5) is 0 Å². The molecule has 288 valence electrons. The smallest absolute Gasteiger partial charge is 0.253 e. The minimum Gasteiger partial charge on any atom is -0.497 e. The van der Waals surface area contributed by atoms with Crippen molar-refractivity contribution in [3.8, 4) is 11.5 Å². The number of benzene rings is 2. The van der Waals surface area contributed by atoms with Crippen molar-refractivity contribution >= 4 is 41.1 Å². The lowest BCUT2D eigenvalue weighted by atomic mass is 10.0. The van der Waals surface area contributed by atoms with Gasteiger partial charge in [-0.25, -0.2) is 0 Å². The summed E-state index contributed by atoms with van der Waals surface area (Å²) in [5.41, 5.74) is 1.58. The van der Waals surface area contributed by atoms with Crippen molar-refractivity contribution in [2.45, 2.75) is 77.0 Å². The molecule has 0 radical (unpaired) electrons. The Morgan fingerprint density at radius 3 is 2.37 bits per heavy atom. The predicted molar refractivity (Wildman–Crippen MR) is 203 cm³/mol. The zero-order chi connectivity index (χ0) is 38.8. The van der Waals surface area contributed by atoms with E-state index < -0.39 is 41.8 Å². The van der Waals surface area contributed by atoms with E-state index in [-0.39, 0.29) is 60.4 Å². The van der Waals surface area contributed by atoms with Gasteiger partial charge in [0.25, 0.3) is 5.91 Å². The summed E-state index contributed by atoms with van der Waals surface area (Å²) >= 11 is 6.10. The van der Waals surface area contributed by atoms with E-state index in [0.717, 1.165) is 12.8 Å². The molecular formula is C40H49ClN6O7. The maximum Gasteiger partial charge on any atom is 0.253 e. The van der Waals surface area contributed by atoms with Gasteiger partial charge in [-0.2, -0.15) is 0 Å². The predicted octanol–water partition coefficient (Wildman–Crippen LogP) is 3.48. The fourth-order valence-electron chi connectivity index (χ4n) is 6.30. The number of nitrogens with zero attached hydrogens (tertiary/aromatic N) is 2. The maximum absolute atomic E-state index is 14.2. The molecule has 4 atom stereocenters. The van der Waals surface area contributed by atoms with Crippen LogP contribution < -0.4 is 30.7 Å². The van der Waals surface area contributed by atoms with E-state index in [4.69, 9.17) is 21.1 Å². The summed E-state index contributed by atoms with van der Waals surface area (Å²) in [5.74, 6) is -0.808. The van der Waals surface area contributed by atoms with Gasteiger partial charge in [0, 0.05) is 31.8 Å². The summed E-state index contributed by atoms with van der Waals surface area (Å²) < 4.78 is 11.4. The van der Waals surface area contributed by atoms with Crippen LogP contribution in [0.5, 0.6) is 11.5 Å². The molecule has 2 aromatic carbocycles. The number of aromatic nitrogens is 1. The lowest BCUT2D eigenvalue weighted by Crippen LogP contribution is -2.58. The lowest BCUT2D eigenvalue weighted by molar-refractivity contribution is -0.140. The third-order valence-electron chi connectivity index (χ3n) is 9.31. The standard InChI is InChI=1S/C40H49ClN6O7/c1-24(2)15-31-23-54-33-13-9-27(10-14-33)17-35(45-37(49)29-18-30(41)20-42-19-29)39(51)46-34(16-26-7-11-32(53-4)12-8-26)38(50)43-25(3)40(52)47(21-28-5-6-28)22-36(48)44-31/h7-14,18-20,24-25,28,31,34-35H,5-6,15-17,21-23H2,1-4H3,(H,43,50)(H,44,48)(H,45,49)(H,46,51)/t25-,31+,34+,35+/m1/s1. The zero-order valence-electron chi connectivity index (χ0n) is 31.1. The van der Waals surface area contributed by atoms with Crippen molar-refractivity contribution in [3.63, 3.8) is 0 Å². The molecule has 1 fully saturated rings. The second-order valence-corrected chi connectivity index (χ2v) is 14.9. The molecule has 3 aliphatic rings. The van der Waals surface area contributed by atoms with Crippen molar-refractivity contribution in [1.29, 1.82) is 0 Å². The van der Waals surface area contributed by atoms with Gasteiger partial charge in [0.1, 0.15) is 36.2 Å². The highest BCUT2D eigenvalue weighted by Gasteiger charge is 2.34. The number of hydrogen-bond donors (Lipinski definition) is 4. The quantitative estimate of drug-likeness (QED) is 0.241. The van der Waals surface area contributed by atoms with Crippen LogP contribution in [0.2, 0.25) is 5.02 Å². The average Bonchev–Trinajstić information content (AvgIpc) is 3.97. The Labute approximate surface area is 320 Å². The third-order valence-corrected chi connectivity index (χ3v) is 9.51. The Bertz CT molecular complexity index is 1780. The van der Waals surface area contributed by atoms with E-state index >= 15 is 0 Å². The number of methoxy groups -OCH3 is 1. The molecule has 3 aromatic rings. The van der Waals surface area contributed by atoms with Crippen LogP contribution in [0.3, 0.4) is 0 Å². The molecule has 2 aliphatic heterocycles. The van der Waals surface area contributed by atoms with E-state index in [0.29, 0.717) is 35.6 Å². The topological polar surface area (TPSA) is 168 Å². The number of halogens is 1. The van der Waals surface area contributed by atoms with Gasteiger partial charge in [0.05, 0.1) is 30.3 Å². The van der Waals surface area contributed by atoms with Crippen molar-refractivity contribution in [2.24, 2.45) is 11.8 Å². The summed E-state index contributed by atoms with van der Waals surface area (Å²) in [6, 6.07) is 12.0. The van der Waals surface area contributed by atoms with Crippen LogP contribution in [0, 0.1) is 11.8 Å². The van der Waals surface area contributed by atoms with Crippen LogP contribution in [-0.4, -0.2) is 90.4 Å². The number of carbonyl (C=O) groups is 5. The molecule has 0 unspecified atom stereocenters. The number of amides is 5. The molecule has 4 N–H and O–H groups in total. The van der Waals surface area contributed by atoms with Crippen molar-refractivity contribution in [3.05, 3.63) is 88.7 Å². The number of pyridine rings is 1. The maximum atomic E-state index is 14.2. The number of nitrogens with one attached hydrogen (secondary N) is 4. The van der Waals surface area contributed by atoms with Crippen LogP contribution in [0.25, 0.3) is 0 Å². The van der Waals surface area contributed by atoms with E-state index in [2.05, 4.69) is 40.1 Å². The monoisotopic (exact) mass is 760 g/mol. The lowest BCUT2D eigenvalue weighted by Gasteiger charge is -2.29. The van der Waals surface area contributed by atoms with Gasteiger partial charge in [0.2, 0.25) is 23.6 Å². The summed E-state index contributed by atoms with van der Waals surface area (Å²) in [6.45, 7) is 6.10. The minimum absolute atomic E-state index is 0.0683. The molecule has 2 bridgehead atoms. The molecular weight excluding hydrogens is 712 g/mol. The molecule has 1 aliphatic carbocycles. The molecule has 1 aromatic heterocycles. The second kappa shape index (κ2) is 18.7. The van der Waals surface area contributed by atoms with Crippen LogP contribution in [-0.2, 0) is 32.0 Å². The first-order valence-electron chi connectivity index (χ1n) is 18.3. The fraction of sp³-hybridized carbons (Fsp3) is 0.450. The molecule has 54 heavy (non-hydrogen) atoms. The number of carbonyl (C=O) groups excluding carboxylic acids is 5. The van der Waals surface area contributed by atoms with Crippen LogP contribution in [0.1, 0.15) is 61.5 Å². The summed E-state index contributed by atoms with van der Waals surface area (Å²) in [6.07, 6.45) is 5.44. The highest BCUT2D eigenvalue weighted by molar-refractivity contribution is 6.30. The molecule has 1 saturated carbocycles. The molecule has 3 heterocycles. The van der Waals surface area contributed by atoms with Crippen molar-refractivity contribution in [2.75, 3.05) is 26.8 Å². The normalized spacial score (nSPS) is 21.8. The number of ether oxygens (including phenoxy) is 2. The van der Waals surface area contributed by atoms with Crippen molar-refractivity contribution < 1.29 is 33.4 Å². The Kier molecular flexibility index (Phi) is 13.9. The van der Waals surface area contributed by atoms with Gasteiger partial charge in [-0.3, -0.25) is 29.0 Å². The Balaban J connectivity index is 1.48. The number of rotatable bonds is 9.